The van der Waals surface area contributed by atoms with Crippen LogP contribution in [0.25, 0.3) is 5.65 Å². The third-order valence-corrected chi connectivity index (χ3v) is 3.14. The molecule has 0 aliphatic rings. The number of hydrogen-bond donors (Lipinski definition) is 1. The number of imidazole rings is 1. The highest BCUT2D eigenvalue weighted by molar-refractivity contribution is 9.10. The summed E-state index contributed by atoms with van der Waals surface area (Å²) in [5, 5.41) is 0. The predicted octanol–water partition coefficient (Wildman–Crippen LogP) is 2.72. The molecular weight excluding hydrogens is 266 g/mol. The van der Waals surface area contributed by atoms with Crippen molar-refractivity contribution in [1.82, 2.24) is 9.38 Å². The number of halogens is 1. The quantitative estimate of drug-likeness (QED) is 0.940. The maximum atomic E-state index is 5.66. The van der Waals surface area contributed by atoms with Crippen LogP contribution in [-0.2, 0) is 6.42 Å². The summed E-state index contributed by atoms with van der Waals surface area (Å²) in [6, 6.07) is 4.06. The van der Waals surface area contributed by atoms with Gasteiger partial charge < -0.3 is 10.1 Å². The Kier molecular flexibility index (Phi) is 3.30. The minimum Gasteiger partial charge on any atom is -0.330 e. The number of fused-ring (bicyclic) bond motifs is 1. The fourth-order valence-corrected chi connectivity index (χ4v) is 2.26. The summed E-state index contributed by atoms with van der Waals surface area (Å²) in [5.41, 5.74) is 9.04. The highest BCUT2D eigenvalue weighted by Gasteiger charge is 2.14. The van der Waals surface area contributed by atoms with Gasteiger partial charge in [-0.1, -0.05) is 29.8 Å². The molecule has 4 heteroatoms. The predicted molar refractivity (Wildman–Crippen MR) is 69.7 cm³/mol. The maximum absolute atomic E-state index is 5.66. The summed E-state index contributed by atoms with van der Waals surface area (Å²) in [5.74, 6) is 0.431. The lowest BCUT2D eigenvalue weighted by Gasteiger charge is -2.05. The van der Waals surface area contributed by atoms with Crippen molar-refractivity contribution >= 4 is 21.6 Å². The molecule has 3 nitrogen and oxygen atoms in total. The molecule has 0 radical (unpaired) electrons. The molecule has 2 aromatic rings. The first-order valence-electron chi connectivity index (χ1n) is 5.50. The van der Waals surface area contributed by atoms with E-state index >= 15 is 0 Å². The molecule has 0 amide bonds. The second kappa shape index (κ2) is 4.55. The van der Waals surface area contributed by atoms with Crippen molar-refractivity contribution in [3.8, 4) is 0 Å². The smallest absolute Gasteiger partial charge is 0.138 e. The average molecular weight is 282 g/mol. The Morgan fingerprint density at radius 3 is 2.88 bits per heavy atom. The Labute approximate surface area is 104 Å². The third kappa shape index (κ3) is 1.99. The molecule has 0 saturated carbocycles. The van der Waals surface area contributed by atoms with Crippen LogP contribution in [0, 0.1) is 0 Å². The van der Waals surface area contributed by atoms with E-state index in [0.29, 0.717) is 12.5 Å². The van der Waals surface area contributed by atoms with E-state index in [1.54, 1.807) is 0 Å². The van der Waals surface area contributed by atoms with Gasteiger partial charge >= 0.3 is 0 Å². The van der Waals surface area contributed by atoms with E-state index < -0.39 is 0 Å². The molecule has 0 saturated heterocycles. The molecule has 2 aromatic heterocycles. The molecule has 0 aromatic carbocycles. The second-order valence-corrected chi connectivity index (χ2v) is 5.13. The first-order valence-corrected chi connectivity index (χ1v) is 6.29. The van der Waals surface area contributed by atoms with E-state index in [0.717, 1.165) is 22.2 Å². The number of nitrogens with two attached hydrogens (primary N) is 1. The van der Waals surface area contributed by atoms with Gasteiger partial charge in [-0.3, -0.25) is 0 Å². The van der Waals surface area contributed by atoms with E-state index in [-0.39, 0.29) is 0 Å². The van der Waals surface area contributed by atoms with Crippen molar-refractivity contribution < 1.29 is 0 Å². The highest BCUT2D eigenvalue weighted by atomic mass is 79.9. The molecule has 0 aliphatic carbocycles. The summed E-state index contributed by atoms with van der Waals surface area (Å²) in [6.45, 7) is 4.98. The molecule has 2 rings (SSSR count). The van der Waals surface area contributed by atoms with Gasteiger partial charge in [0, 0.05) is 22.8 Å². The van der Waals surface area contributed by atoms with Gasteiger partial charge in [0.1, 0.15) is 5.65 Å². The SMILES string of the molecule is CC(C)c1nc2cc(Br)ccn2c1CCN. The van der Waals surface area contributed by atoms with Gasteiger partial charge in [-0.2, -0.15) is 0 Å². The largest absolute Gasteiger partial charge is 0.330 e. The number of hydrogen-bond acceptors (Lipinski definition) is 2. The summed E-state index contributed by atoms with van der Waals surface area (Å²) in [7, 11) is 0. The molecule has 0 atom stereocenters. The molecular formula is C12H16BrN3. The van der Waals surface area contributed by atoms with Crippen LogP contribution >= 0.6 is 15.9 Å². The average Bonchev–Trinajstić information content (AvgIpc) is 2.57. The van der Waals surface area contributed by atoms with Crippen LogP contribution in [-0.4, -0.2) is 15.9 Å². The fourth-order valence-electron chi connectivity index (χ4n) is 1.94. The van der Waals surface area contributed by atoms with Crippen LogP contribution < -0.4 is 5.73 Å². The van der Waals surface area contributed by atoms with Crippen molar-refractivity contribution in [1.29, 1.82) is 0 Å². The zero-order chi connectivity index (χ0) is 11.7. The van der Waals surface area contributed by atoms with Crippen LogP contribution in [0.1, 0.15) is 31.2 Å². The molecule has 0 unspecified atom stereocenters. The van der Waals surface area contributed by atoms with Crippen LogP contribution in [0.2, 0.25) is 0 Å². The van der Waals surface area contributed by atoms with Gasteiger partial charge in [0.15, 0.2) is 0 Å². The summed E-state index contributed by atoms with van der Waals surface area (Å²) in [4.78, 5) is 4.67. The Hall–Kier alpha value is -0.870. The number of rotatable bonds is 3. The summed E-state index contributed by atoms with van der Waals surface area (Å²) < 4.78 is 3.19. The normalized spacial score (nSPS) is 11.6. The Balaban J connectivity index is 2.65. The zero-order valence-corrected chi connectivity index (χ0v) is 11.2. The van der Waals surface area contributed by atoms with Gasteiger partial charge in [0.2, 0.25) is 0 Å². The number of nitrogens with zero attached hydrogens (tertiary/aromatic N) is 2. The maximum Gasteiger partial charge on any atom is 0.138 e. The lowest BCUT2D eigenvalue weighted by atomic mass is 10.1. The Morgan fingerprint density at radius 1 is 1.50 bits per heavy atom. The summed E-state index contributed by atoms with van der Waals surface area (Å²) in [6.07, 6.45) is 2.92. The van der Waals surface area contributed by atoms with Crippen molar-refractivity contribution in [3.05, 3.63) is 34.2 Å². The molecule has 0 bridgehead atoms. The van der Waals surface area contributed by atoms with Crippen LogP contribution in [0.4, 0.5) is 0 Å². The van der Waals surface area contributed by atoms with E-state index in [9.17, 15) is 0 Å². The van der Waals surface area contributed by atoms with E-state index in [2.05, 4.69) is 39.2 Å². The molecule has 86 valence electrons. The zero-order valence-electron chi connectivity index (χ0n) is 9.57. The van der Waals surface area contributed by atoms with E-state index in [1.807, 2.05) is 18.3 Å². The van der Waals surface area contributed by atoms with E-state index in [1.165, 1.54) is 5.69 Å². The molecule has 2 heterocycles. The van der Waals surface area contributed by atoms with Gasteiger partial charge in [-0.15, -0.1) is 0 Å². The molecule has 0 aliphatic heterocycles. The first-order chi connectivity index (χ1) is 7.63. The molecule has 16 heavy (non-hydrogen) atoms. The Bertz CT molecular complexity index is 502. The van der Waals surface area contributed by atoms with Crippen LogP contribution in [0.15, 0.2) is 22.8 Å². The van der Waals surface area contributed by atoms with Crippen LogP contribution in [0.5, 0.6) is 0 Å². The van der Waals surface area contributed by atoms with E-state index in [4.69, 9.17) is 5.73 Å². The third-order valence-electron chi connectivity index (χ3n) is 2.65. The standard InChI is InChI=1S/C12H16BrN3/c1-8(2)12-10(3-5-14)16-6-4-9(13)7-11(16)15-12/h4,6-8H,3,5,14H2,1-2H3. The number of pyridine rings is 1. The summed E-state index contributed by atoms with van der Waals surface area (Å²) >= 11 is 3.46. The molecule has 0 fully saturated rings. The highest BCUT2D eigenvalue weighted by Crippen LogP contribution is 2.22. The monoisotopic (exact) mass is 281 g/mol. The minimum absolute atomic E-state index is 0.431. The van der Waals surface area contributed by atoms with Crippen molar-refractivity contribution in [2.75, 3.05) is 6.54 Å². The lowest BCUT2D eigenvalue weighted by molar-refractivity contribution is 0.791. The van der Waals surface area contributed by atoms with Gasteiger partial charge in [0.05, 0.1) is 5.69 Å². The van der Waals surface area contributed by atoms with Gasteiger partial charge in [-0.05, 0) is 24.6 Å². The van der Waals surface area contributed by atoms with Crippen molar-refractivity contribution in [3.63, 3.8) is 0 Å². The fraction of sp³-hybridized carbons (Fsp3) is 0.417. The van der Waals surface area contributed by atoms with Gasteiger partial charge in [-0.25, -0.2) is 4.98 Å². The lowest BCUT2D eigenvalue weighted by Crippen LogP contribution is -2.07. The topological polar surface area (TPSA) is 43.3 Å². The Morgan fingerprint density at radius 2 is 2.25 bits per heavy atom. The van der Waals surface area contributed by atoms with Crippen LogP contribution in [0.3, 0.4) is 0 Å². The van der Waals surface area contributed by atoms with Crippen molar-refractivity contribution in [2.45, 2.75) is 26.2 Å². The molecule has 2 N–H and O–H groups in total. The van der Waals surface area contributed by atoms with Gasteiger partial charge in [0.25, 0.3) is 0 Å². The van der Waals surface area contributed by atoms with Crippen molar-refractivity contribution in [2.24, 2.45) is 5.73 Å². The molecule has 0 spiro atoms. The second-order valence-electron chi connectivity index (χ2n) is 4.21. The number of aromatic nitrogens is 2. The minimum atomic E-state index is 0.431. The first kappa shape index (κ1) is 11.6.